The first kappa shape index (κ1) is 15.4. The van der Waals surface area contributed by atoms with Crippen LogP contribution < -0.4 is 5.73 Å². The van der Waals surface area contributed by atoms with Crippen LogP contribution in [-0.4, -0.2) is 29.9 Å². The van der Waals surface area contributed by atoms with E-state index in [4.69, 9.17) is 5.73 Å². The monoisotopic (exact) mass is 336 g/mol. The normalized spacial score (nSPS) is 18.6. The van der Waals surface area contributed by atoms with Crippen molar-refractivity contribution >= 4 is 34.2 Å². The van der Waals surface area contributed by atoms with Crippen LogP contribution in [0.1, 0.15) is 12.0 Å². The SMILES string of the molecule is Cl.N[C@@H]1CCN(C(=O)Cc2ccc(F)c(Br)c2)C1. The average Bonchev–Trinajstić information content (AvgIpc) is 2.70. The van der Waals surface area contributed by atoms with Crippen molar-refractivity contribution in [1.82, 2.24) is 4.90 Å². The number of nitrogens with two attached hydrogens (primary N) is 1. The van der Waals surface area contributed by atoms with Crippen molar-refractivity contribution in [3.05, 3.63) is 34.1 Å². The second-order valence-corrected chi connectivity index (χ2v) is 5.17. The molecule has 0 bridgehead atoms. The number of hydrogen-bond donors (Lipinski definition) is 1. The van der Waals surface area contributed by atoms with Gasteiger partial charge in [-0.3, -0.25) is 4.79 Å². The number of carbonyl (C=O) groups is 1. The first-order valence-corrected chi connectivity index (χ1v) is 6.33. The van der Waals surface area contributed by atoms with Gasteiger partial charge in [0.15, 0.2) is 0 Å². The fraction of sp³-hybridized carbons (Fsp3) is 0.417. The number of carbonyl (C=O) groups excluding carboxylic acids is 1. The quantitative estimate of drug-likeness (QED) is 0.898. The van der Waals surface area contributed by atoms with Crippen molar-refractivity contribution in [1.29, 1.82) is 0 Å². The smallest absolute Gasteiger partial charge is 0.227 e. The van der Waals surface area contributed by atoms with E-state index in [-0.39, 0.29) is 30.2 Å². The third kappa shape index (κ3) is 3.67. The van der Waals surface area contributed by atoms with Crippen LogP contribution in [0.3, 0.4) is 0 Å². The highest BCUT2D eigenvalue weighted by atomic mass is 79.9. The molecule has 0 aromatic heterocycles. The van der Waals surface area contributed by atoms with E-state index in [0.29, 0.717) is 17.4 Å². The van der Waals surface area contributed by atoms with E-state index in [2.05, 4.69) is 15.9 Å². The van der Waals surface area contributed by atoms with Gasteiger partial charge in [0, 0.05) is 19.1 Å². The van der Waals surface area contributed by atoms with Crippen LogP contribution in [0.15, 0.2) is 22.7 Å². The van der Waals surface area contributed by atoms with E-state index in [9.17, 15) is 9.18 Å². The lowest BCUT2D eigenvalue weighted by molar-refractivity contribution is -0.129. The molecule has 1 heterocycles. The third-order valence-electron chi connectivity index (χ3n) is 2.92. The molecule has 0 saturated carbocycles. The minimum absolute atomic E-state index is 0. The molecule has 1 saturated heterocycles. The molecule has 1 aliphatic rings. The van der Waals surface area contributed by atoms with Gasteiger partial charge in [-0.15, -0.1) is 12.4 Å². The molecule has 18 heavy (non-hydrogen) atoms. The van der Waals surface area contributed by atoms with Gasteiger partial charge in [0.05, 0.1) is 10.9 Å². The van der Waals surface area contributed by atoms with Gasteiger partial charge in [0.2, 0.25) is 5.91 Å². The first-order chi connectivity index (χ1) is 8.06. The van der Waals surface area contributed by atoms with Crippen molar-refractivity contribution < 1.29 is 9.18 Å². The minimum Gasteiger partial charge on any atom is -0.341 e. The molecule has 2 N–H and O–H groups in total. The standard InChI is InChI=1S/C12H14BrFN2O.ClH/c13-10-5-8(1-2-11(10)14)6-12(17)16-4-3-9(15)7-16;/h1-2,5,9H,3-4,6-7,15H2;1H/t9-;/m1./s1. The van der Waals surface area contributed by atoms with Crippen LogP contribution in [0.25, 0.3) is 0 Å². The summed E-state index contributed by atoms with van der Waals surface area (Å²) in [6.07, 6.45) is 1.16. The van der Waals surface area contributed by atoms with Crippen molar-refractivity contribution in [2.75, 3.05) is 13.1 Å². The highest BCUT2D eigenvalue weighted by Gasteiger charge is 2.23. The van der Waals surface area contributed by atoms with Crippen LogP contribution in [0.5, 0.6) is 0 Å². The van der Waals surface area contributed by atoms with E-state index >= 15 is 0 Å². The van der Waals surface area contributed by atoms with Gasteiger partial charge < -0.3 is 10.6 Å². The van der Waals surface area contributed by atoms with Gasteiger partial charge in [0.1, 0.15) is 5.82 Å². The Morgan fingerprint density at radius 2 is 2.28 bits per heavy atom. The van der Waals surface area contributed by atoms with Gasteiger partial charge in [0.25, 0.3) is 0 Å². The largest absolute Gasteiger partial charge is 0.341 e. The second-order valence-electron chi connectivity index (χ2n) is 4.31. The van der Waals surface area contributed by atoms with Gasteiger partial charge in [-0.2, -0.15) is 0 Å². The first-order valence-electron chi connectivity index (χ1n) is 5.53. The summed E-state index contributed by atoms with van der Waals surface area (Å²) >= 11 is 3.11. The molecule has 0 radical (unpaired) electrons. The fourth-order valence-corrected chi connectivity index (χ4v) is 2.38. The molecule has 0 spiro atoms. The number of hydrogen-bond acceptors (Lipinski definition) is 2. The number of amides is 1. The average molecular weight is 338 g/mol. The molecule has 1 aliphatic heterocycles. The summed E-state index contributed by atoms with van der Waals surface area (Å²) in [5.41, 5.74) is 6.56. The number of halogens is 3. The molecule has 0 aliphatic carbocycles. The van der Waals surface area contributed by atoms with Crippen molar-refractivity contribution in [2.24, 2.45) is 5.73 Å². The maximum absolute atomic E-state index is 13.0. The van der Waals surface area contributed by atoms with Gasteiger partial charge in [-0.05, 0) is 40.0 Å². The zero-order valence-corrected chi connectivity index (χ0v) is 12.1. The zero-order chi connectivity index (χ0) is 12.4. The Kier molecular flexibility index (Phi) is 5.56. The van der Waals surface area contributed by atoms with Crippen molar-refractivity contribution in [3.63, 3.8) is 0 Å². The highest BCUT2D eigenvalue weighted by Crippen LogP contribution is 2.18. The predicted molar refractivity (Wildman–Crippen MR) is 74.2 cm³/mol. The Morgan fingerprint density at radius 3 is 2.83 bits per heavy atom. The second kappa shape index (κ2) is 6.50. The van der Waals surface area contributed by atoms with Crippen LogP contribution in [-0.2, 0) is 11.2 Å². The highest BCUT2D eigenvalue weighted by molar-refractivity contribution is 9.10. The van der Waals surface area contributed by atoms with E-state index in [1.54, 1.807) is 17.0 Å². The lowest BCUT2D eigenvalue weighted by Gasteiger charge is -2.15. The zero-order valence-electron chi connectivity index (χ0n) is 9.73. The number of rotatable bonds is 2. The summed E-state index contributed by atoms with van der Waals surface area (Å²) in [4.78, 5) is 13.7. The molecular formula is C12H15BrClFN2O. The summed E-state index contributed by atoms with van der Waals surface area (Å²) in [5, 5.41) is 0. The molecule has 3 nitrogen and oxygen atoms in total. The molecule has 2 rings (SSSR count). The van der Waals surface area contributed by atoms with Gasteiger partial charge in [-0.1, -0.05) is 6.07 Å². The fourth-order valence-electron chi connectivity index (χ4n) is 1.95. The van der Waals surface area contributed by atoms with E-state index < -0.39 is 0 Å². The van der Waals surface area contributed by atoms with E-state index in [0.717, 1.165) is 18.5 Å². The Balaban J connectivity index is 0.00000162. The molecule has 1 fully saturated rings. The number of likely N-dealkylation sites (tertiary alicyclic amines) is 1. The molecular weight excluding hydrogens is 322 g/mol. The molecule has 1 aromatic carbocycles. The number of nitrogens with zero attached hydrogens (tertiary/aromatic N) is 1. The maximum Gasteiger partial charge on any atom is 0.227 e. The Labute approximate surface area is 120 Å². The van der Waals surface area contributed by atoms with Crippen LogP contribution in [0, 0.1) is 5.82 Å². The summed E-state index contributed by atoms with van der Waals surface area (Å²) in [6.45, 7) is 1.35. The number of benzene rings is 1. The third-order valence-corrected chi connectivity index (χ3v) is 3.52. The summed E-state index contributed by atoms with van der Waals surface area (Å²) in [7, 11) is 0. The van der Waals surface area contributed by atoms with Gasteiger partial charge in [-0.25, -0.2) is 4.39 Å². The molecule has 1 amide bonds. The molecule has 1 aromatic rings. The molecule has 1 atom stereocenters. The van der Waals surface area contributed by atoms with E-state index in [1.807, 2.05) is 0 Å². The topological polar surface area (TPSA) is 46.3 Å². The van der Waals surface area contributed by atoms with Crippen molar-refractivity contribution in [3.8, 4) is 0 Å². The summed E-state index contributed by atoms with van der Waals surface area (Å²) in [5.74, 6) is -0.263. The molecule has 6 heteroatoms. The van der Waals surface area contributed by atoms with Crippen molar-refractivity contribution in [2.45, 2.75) is 18.9 Å². The minimum atomic E-state index is -0.315. The van der Waals surface area contributed by atoms with Crippen LogP contribution in [0.2, 0.25) is 0 Å². The lowest BCUT2D eigenvalue weighted by Crippen LogP contribution is -2.32. The Bertz CT molecular complexity index is 444. The van der Waals surface area contributed by atoms with Gasteiger partial charge >= 0.3 is 0 Å². The molecule has 0 unspecified atom stereocenters. The summed E-state index contributed by atoms with van der Waals surface area (Å²) < 4.78 is 13.4. The van der Waals surface area contributed by atoms with Crippen LogP contribution in [0.4, 0.5) is 4.39 Å². The van der Waals surface area contributed by atoms with E-state index in [1.165, 1.54) is 6.07 Å². The van der Waals surface area contributed by atoms with Crippen LogP contribution >= 0.6 is 28.3 Å². The predicted octanol–water partition coefficient (Wildman–Crippen LogP) is 2.11. The lowest BCUT2D eigenvalue weighted by atomic mass is 10.1. The Morgan fingerprint density at radius 1 is 1.56 bits per heavy atom. The maximum atomic E-state index is 13.0. The molecule has 100 valence electrons. The Hall–Kier alpha value is -0.650. The summed E-state index contributed by atoms with van der Waals surface area (Å²) in [6, 6.07) is 4.73.